The third-order valence-corrected chi connectivity index (χ3v) is 13.6. The molecule has 0 saturated carbocycles. The van der Waals surface area contributed by atoms with E-state index in [0.717, 1.165) is 55.2 Å². The van der Waals surface area contributed by atoms with Crippen molar-refractivity contribution in [2.24, 2.45) is 0 Å². The second-order valence-electron chi connectivity index (χ2n) is 16.7. The summed E-state index contributed by atoms with van der Waals surface area (Å²) in [5.41, 5.74) is 16.9. The van der Waals surface area contributed by atoms with Crippen LogP contribution in [0.2, 0.25) is 0 Å². The Morgan fingerprint density at radius 2 is 0.794 bits per heavy atom. The van der Waals surface area contributed by atoms with Crippen LogP contribution in [0.3, 0.4) is 0 Å². The summed E-state index contributed by atoms with van der Waals surface area (Å²) < 4.78 is 4.69. The number of aromatic nitrogens is 5. The largest absolute Gasteiger partial charge is 0.307 e. The maximum absolute atomic E-state index is 5.62. The van der Waals surface area contributed by atoms with Gasteiger partial charge in [0.25, 0.3) is 0 Å². The molecule has 292 valence electrons. The van der Waals surface area contributed by atoms with Gasteiger partial charge in [0.05, 0.1) is 27.5 Å². The van der Waals surface area contributed by atoms with Crippen LogP contribution in [0, 0.1) is 0 Å². The van der Waals surface area contributed by atoms with Gasteiger partial charge in [-0.2, -0.15) is 9.97 Å². The Balaban J connectivity index is 1.11. The molecule has 2 aliphatic carbocycles. The quantitative estimate of drug-likeness (QED) is 0.178. The lowest BCUT2D eigenvalue weighted by Gasteiger charge is -2.30. The molecule has 0 fully saturated rings. The van der Waals surface area contributed by atoms with Gasteiger partial charge < -0.3 is 4.57 Å². The van der Waals surface area contributed by atoms with Crippen molar-refractivity contribution in [2.45, 2.75) is 5.41 Å². The molecule has 1 spiro atoms. The molecule has 0 bridgehead atoms. The Hall–Kier alpha value is -8.41. The standard InChI is InChI=1S/C58H35N5/c1-3-18-36(19-4-1)55-59-56(45-27-17-31-49-52(45)44-26-9-14-30-48(44)58(49)46-28-12-7-22-38(46)39-23-8-13-29-47(39)58)61-57(60-55)63-51-33-16-11-25-41(51)43-35-34-42-40-24-10-15-32-50(40)62(53(42)54(43)63)37-20-5-2-6-21-37/h1-35H. The summed E-state index contributed by atoms with van der Waals surface area (Å²) in [6.07, 6.45) is 0. The predicted octanol–water partition coefficient (Wildman–Crippen LogP) is 13.7. The normalized spacial score (nSPS) is 13.2. The Morgan fingerprint density at radius 3 is 1.46 bits per heavy atom. The molecule has 2 aliphatic rings. The predicted molar refractivity (Wildman–Crippen MR) is 256 cm³/mol. The van der Waals surface area contributed by atoms with Crippen LogP contribution in [0.1, 0.15) is 22.3 Å². The van der Waals surface area contributed by atoms with Gasteiger partial charge in [-0.3, -0.25) is 4.57 Å². The minimum Gasteiger partial charge on any atom is -0.307 e. The minimum atomic E-state index is -0.490. The van der Waals surface area contributed by atoms with Gasteiger partial charge >= 0.3 is 0 Å². The van der Waals surface area contributed by atoms with E-state index in [2.05, 4.69) is 215 Å². The zero-order chi connectivity index (χ0) is 41.2. The summed E-state index contributed by atoms with van der Waals surface area (Å²) in [6.45, 7) is 0. The smallest absolute Gasteiger partial charge is 0.238 e. The zero-order valence-electron chi connectivity index (χ0n) is 33.9. The highest BCUT2D eigenvalue weighted by molar-refractivity contribution is 6.23. The first kappa shape index (κ1) is 34.3. The molecule has 63 heavy (non-hydrogen) atoms. The lowest BCUT2D eigenvalue weighted by Crippen LogP contribution is -2.25. The van der Waals surface area contributed by atoms with Gasteiger partial charge in [-0.15, -0.1) is 0 Å². The number of rotatable bonds is 4. The molecule has 0 saturated heterocycles. The molecule has 0 N–H and O–H groups in total. The Kier molecular flexibility index (Phi) is 6.97. The number of hydrogen-bond donors (Lipinski definition) is 0. The maximum Gasteiger partial charge on any atom is 0.238 e. The second-order valence-corrected chi connectivity index (χ2v) is 16.7. The molecular weight excluding hydrogens is 767 g/mol. The van der Waals surface area contributed by atoms with Crippen molar-refractivity contribution < 1.29 is 0 Å². The molecule has 5 heteroatoms. The van der Waals surface area contributed by atoms with E-state index in [0.29, 0.717) is 17.6 Å². The highest BCUT2D eigenvalue weighted by Crippen LogP contribution is 2.63. The van der Waals surface area contributed by atoms with Crippen molar-refractivity contribution in [3.63, 3.8) is 0 Å². The van der Waals surface area contributed by atoms with Crippen molar-refractivity contribution in [1.29, 1.82) is 0 Å². The molecule has 9 aromatic carbocycles. The Bertz CT molecular complexity index is 3810. The summed E-state index contributed by atoms with van der Waals surface area (Å²) in [5, 5.41) is 4.64. The number of nitrogens with zero attached hydrogens (tertiary/aromatic N) is 5. The van der Waals surface area contributed by atoms with Gasteiger partial charge in [0.15, 0.2) is 11.6 Å². The zero-order valence-corrected chi connectivity index (χ0v) is 33.9. The molecule has 0 atom stereocenters. The van der Waals surface area contributed by atoms with Crippen LogP contribution in [0.25, 0.3) is 100 Å². The number of hydrogen-bond acceptors (Lipinski definition) is 3. The number of para-hydroxylation sites is 3. The molecule has 0 unspecified atom stereocenters. The van der Waals surface area contributed by atoms with Crippen LogP contribution in [-0.2, 0) is 5.41 Å². The molecule has 3 heterocycles. The summed E-state index contributed by atoms with van der Waals surface area (Å²) in [5.74, 6) is 1.81. The van der Waals surface area contributed by atoms with Crippen LogP contribution in [-0.4, -0.2) is 24.1 Å². The fourth-order valence-corrected chi connectivity index (χ4v) is 11.2. The molecular formula is C58H35N5. The molecule has 12 aromatic rings. The third-order valence-electron chi connectivity index (χ3n) is 13.6. The van der Waals surface area contributed by atoms with Gasteiger partial charge in [0.2, 0.25) is 5.95 Å². The average molecular weight is 802 g/mol. The van der Waals surface area contributed by atoms with Crippen LogP contribution in [0.5, 0.6) is 0 Å². The summed E-state index contributed by atoms with van der Waals surface area (Å²) >= 11 is 0. The summed E-state index contributed by atoms with van der Waals surface area (Å²) in [4.78, 5) is 16.5. The van der Waals surface area contributed by atoms with E-state index < -0.39 is 5.41 Å². The number of benzene rings is 9. The summed E-state index contributed by atoms with van der Waals surface area (Å²) in [7, 11) is 0. The highest BCUT2D eigenvalue weighted by Gasteiger charge is 2.52. The molecule has 0 amide bonds. The minimum absolute atomic E-state index is 0.490. The number of fused-ring (bicyclic) bond motifs is 17. The van der Waals surface area contributed by atoms with Crippen LogP contribution in [0.4, 0.5) is 0 Å². The monoisotopic (exact) mass is 801 g/mol. The van der Waals surface area contributed by atoms with Crippen LogP contribution in [0.15, 0.2) is 212 Å². The van der Waals surface area contributed by atoms with Gasteiger partial charge in [-0.25, -0.2) is 4.98 Å². The summed E-state index contributed by atoms with van der Waals surface area (Å²) in [6, 6.07) is 76.4. The topological polar surface area (TPSA) is 48.5 Å². The molecule has 0 radical (unpaired) electrons. The Morgan fingerprint density at radius 1 is 0.317 bits per heavy atom. The molecule has 0 aliphatic heterocycles. The lowest BCUT2D eigenvalue weighted by atomic mass is 9.70. The van der Waals surface area contributed by atoms with Gasteiger partial charge in [0.1, 0.15) is 0 Å². The van der Waals surface area contributed by atoms with E-state index >= 15 is 0 Å². The van der Waals surface area contributed by atoms with Gasteiger partial charge in [-0.1, -0.05) is 188 Å². The first-order valence-corrected chi connectivity index (χ1v) is 21.5. The van der Waals surface area contributed by atoms with Gasteiger partial charge in [0, 0.05) is 38.4 Å². The van der Waals surface area contributed by atoms with Crippen LogP contribution < -0.4 is 0 Å². The van der Waals surface area contributed by atoms with Gasteiger partial charge in [-0.05, 0) is 68.8 Å². The van der Waals surface area contributed by atoms with E-state index in [-0.39, 0.29) is 0 Å². The van der Waals surface area contributed by atoms with E-state index in [9.17, 15) is 0 Å². The first-order valence-electron chi connectivity index (χ1n) is 21.5. The fraction of sp³-hybridized carbons (Fsp3) is 0.0172. The third kappa shape index (κ3) is 4.52. The van der Waals surface area contributed by atoms with Crippen molar-refractivity contribution in [3.05, 3.63) is 235 Å². The first-order chi connectivity index (χ1) is 31.3. The van der Waals surface area contributed by atoms with E-state index in [4.69, 9.17) is 15.0 Å². The average Bonchev–Trinajstić information content (AvgIpc) is 4.07. The fourth-order valence-electron chi connectivity index (χ4n) is 11.2. The maximum atomic E-state index is 5.62. The van der Waals surface area contributed by atoms with E-state index in [1.54, 1.807) is 0 Å². The highest BCUT2D eigenvalue weighted by atomic mass is 15.2. The SMILES string of the molecule is c1ccc(-c2nc(-c3cccc4c3-c3ccccc3C43c4ccccc4-c4ccccc43)nc(-n3c4ccccc4c4ccc5c6ccccc6n(-c6ccccc6)c5c43)n2)cc1. The Labute approximate surface area is 362 Å². The van der Waals surface area contributed by atoms with E-state index in [1.165, 1.54) is 49.7 Å². The second kappa shape index (κ2) is 12.8. The van der Waals surface area contributed by atoms with Crippen LogP contribution >= 0.6 is 0 Å². The lowest BCUT2D eigenvalue weighted by molar-refractivity contribution is 0.794. The van der Waals surface area contributed by atoms with E-state index in [1.807, 2.05) is 6.07 Å². The molecule has 14 rings (SSSR count). The van der Waals surface area contributed by atoms with Crippen molar-refractivity contribution >= 4 is 43.6 Å². The van der Waals surface area contributed by atoms with Crippen molar-refractivity contribution in [3.8, 4) is 56.7 Å². The molecule has 5 nitrogen and oxygen atoms in total. The van der Waals surface area contributed by atoms with Crippen molar-refractivity contribution in [1.82, 2.24) is 24.1 Å². The van der Waals surface area contributed by atoms with Crippen molar-refractivity contribution in [2.75, 3.05) is 0 Å². The molecule has 3 aromatic heterocycles.